The molecule has 4 aromatic rings. The van der Waals surface area contributed by atoms with Crippen molar-refractivity contribution in [2.24, 2.45) is 5.92 Å². The van der Waals surface area contributed by atoms with Gasteiger partial charge in [0.05, 0.1) is 29.4 Å². The Bertz CT molecular complexity index is 1430. The van der Waals surface area contributed by atoms with E-state index in [0.717, 1.165) is 11.1 Å². The van der Waals surface area contributed by atoms with Gasteiger partial charge in [0.2, 0.25) is 5.91 Å². The van der Waals surface area contributed by atoms with Crippen LogP contribution in [-0.2, 0) is 11.3 Å². The van der Waals surface area contributed by atoms with Crippen LogP contribution in [0.5, 0.6) is 0 Å². The molecule has 0 saturated carbocycles. The Balaban J connectivity index is 1.47. The average molecular weight is 500 g/mol. The van der Waals surface area contributed by atoms with Gasteiger partial charge < -0.3 is 9.80 Å². The summed E-state index contributed by atoms with van der Waals surface area (Å²) in [5.74, 6) is 0.0237. The molecule has 2 aromatic carbocycles. The third-order valence-corrected chi connectivity index (χ3v) is 6.63. The number of hydrogen-bond donors (Lipinski definition) is 0. The number of pyridine rings is 1. The lowest BCUT2D eigenvalue weighted by Crippen LogP contribution is -2.50. The number of halogens is 1. The molecule has 0 unspecified atom stereocenters. The highest BCUT2D eigenvalue weighted by Gasteiger charge is 2.27. The molecule has 1 aliphatic rings. The van der Waals surface area contributed by atoms with Gasteiger partial charge in [0.25, 0.3) is 5.91 Å². The number of aromatic nitrogens is 3. The maximum Gasteiger partial charge on any atom is 0.254 e. The van der Waals surface area contributed by atoms with Crippen molar-refractivity contribution in [2.75, 3.05) is 26.2 Å². The van der Waals surface area contributed by atoms with Crippen molar-refractivity contribution in [1.29, 1.82) is 0 Å². The highest BCUT2D eigenvalue weighted by Crippen LogP contribution is 2.27. The van der Waals surface area contributed by atoms with Gasteiger partial charge in [0.1, 0.15) is 5.82 Å². The van der Waals surface area contributed by atoms with E-state index in [9.17, 15) is 14.0 Å². The minimum absolute atomic E-state index is 0.106. The Morgan fingerprint density at radius 2 is 1.68 bits per heavy atom. The topological polar surface area (TPSA) is 71.3 Å². The number of piperazine rings is 1. The lowest BCUT2D eigenvalue weighted by atomic mass is 10.1. The fraction of sp³-hybridized carbons (Fsp3) is 0.310. The van der Waals surface area contributed by atoms with Gasteiger partial charge in [0, 0.05) is 38.2 Å². The summed E-state index contributed by atoms with van der Waals surface area (Å²) >= 11 is 0. The summed E-state index contributed by atoms with van der Waals surface area (Å²) in [7, 11) is 0. The molecule has 1 aliphatic heterocycles. The molecule has 3 heterocycles. The smallest absolute Gasteiger partial charge is 0.254 e. The van der Waals surface area contributed by atoms with Crippen molar-refractivity contribution in [3.05, 3.63) is 83.8 Å². The van der Waals surface area contributed by atoms with Crippen molar-refractivity contribution >= 4 is 22.8 Å². The highest BCUT2D eigenvalue weighted by atomic mass is 19.1. The molecule has 2 amide bonds. The quantitative estimate of drug-likeness (QED) is 0.388. The normalized spacial score (nSPS) is 13.9. The van der Waals surface area contributed by atoms with Crippen LogP contribution in [0.1, 0.15) is 36.2 Å². The van der Waals surface area contributed by atoms with Crippen molar-refractivity contribution in [2.45, 2.75) is 26.8 Å². The Kier molecular flexibility index (Phi) is 6.99. The van der Waals surface area contributed by atoms with E-state index in [-0.39, 0.29) is 17.6 Å². The Morgan fingerprint density at radius 3 is 2.38 bits per heavy atom. The van der Waals surface area contributed by atoms with Crippen LogP contribution in [0.2, 0.25) is 0 Å². The molecule has 37 heavy (non-hydrogen) atoms. The number of hydrogen-bond acceptors (Lipinski definition) is 4. The molecule has 190 valence electrons. The van der Waals surface area contributed by atoms with E-state index >= 15 is 0 Å². The zero-order chi connectivity index (χ0) is 25.9. The first-order valence-electron chi connectivity index (χ1n) is 12.6. The van der Waals surface area contributed by atoms with Crippen LogP contribution in [0.4, 0.5) is 4.39 Å². The van der Waals surface area contributed by atoms with Gasteiger partial charge in [-0.25, -0.2) is 14.1 Å². The van der Waals surface area contributed by atoms with Gasteiger partial charge in [0.15, 0.2) is 5.65 Å². The molecule has 1 saturated heterocycles. The minimum atomic E-state index is -0.311. The number of rotatable bonds is 6. The molecular formula is C29H30FN5O2. The van der Waals surface area contributed by atoms with Crippen LogP contribution in [0.3, 0.4) is 0 Å². The zero-order valence-corrected chi connectivity index (χ0v) is 21.1. The summed E-state index contributed by atoms with van der Waals surface area (Å²) in [6.07, 6.45) is 2.18. The summed E-state index contributed by atoms with van der Waals surface area (Å²) in [6.45, 7) is 6.40. The van der Waals surface area contributed by atoms with Gasteiger partial charge in [-0.2, -0.15) is 5.10 Å². The number of benzene rings is 2. The Labute approximate surface area is 215 Å². The molecule has 7 nitrogen and oxygen atoms in total. The van der Waals surface area contributed by atoms with Gasteiger partial charge >= 0.3 is 0 Å². The van der Waals surface area contributed by atoms with E-state index in [2.05, 4.69) is 5.10 Å². The minimum Gasteiger partial charge on any atom is -0.339 e. The molecule has 0 bridgehead atoms. The second kappa shape index (κ2) is 10.5. The van der Waals surface area contributed by atoms with E-state index in [1.807, 2.05) is 61.2 Å². The largest absolute Gasteiger partial charge is 0.339 e. The first-order valence-corrected chi connectivity index (χ1v) is 12.6. The zero-order valence-electron chi connectivity index (χ0n) is 21.1. The molecule has 0 spiro atoms. The van der Waals surface area contributed by atoms with E-state index in [1.54, 1.807) is 21.8 Å². The fourth-order valence-electron chi connectivity index (χ4n) is 4.71. The van der Waals surface area contributed by atoms with Gasteiger partial charge in [-0.1, -0.05) is 56.3 Å². The summed E-state index contributed by atoms with van der Waals surface area (Å²) in [4.78, 5) is 34.8. The third kappa shape index (κ3) is 5.38. The van der Waals surface area contributed by atoms with Crippen molar-refractivity contribution in [1.82, 2.24) is 24.6 Å². The van der Waals surface area contributed by atoms with Crippen molar-refractivity contribution in [3.63, 3.8) is 0 Å². The van der Waals surface area contributed by atoms with E-state index in [1.165, 1.54) is 12.1 Å². The number of amides is 2. The number of fused-ring (bicyclic) bond motifs is 1. The second-order valence-corrected chi connectivity index (χ2v) is 9.86. The van der Waals surface area contributed by atoms with Gasteiger partial charge in [-0.15, -0.1) is 0 Å². The van der Waals surface area contributed by atoms with Crippen LogP contribution in [0.15, 0.2) is 66.9 Å². The fourth-order valence-corrected chi connectivity index (χ4v) is 4.71. The number of carbonyl (C=O) groups excluding carboxylic acids is 2. The standard InChI is InChI=1S/C29H30FN5O2/c1-20(2)15-27(36)33-11-13-34(14-12-33)29(37)24-17-26(22-8-4-3-5-9-22)32-28-25(24)18-31-35(28)19-21-7-6-10-23(30)16-21/h3-10,16-18,20H,11-15,19H2,1-2H3. The monoisotopic (exact) mass is 499 g/mol. The lowest BCUT2D eigenvalue weighted by Gasteiger charge is -2.35. The molecule has 2 aromatic heterocycles. The Hall–Kier alpha value is -4.07. The second-order valence-electron chi connectivity index (χ2n) is 9.86. The van der Waals surface area contributed by atoms with Crippen molar-refractivity contribution in [3.8, 4) is 11.3 Å². The first-order chi connectivity index (χ1) is 17.9. The average Bonchev–Trinajstić information content (AvgIpc) is 3.30. The predicted octanol–water partition coefficient (Wildman–Crippen LogP) is 4.62. The summed E-state index contributed by atoms with van der Waals surface area (Å²) < 4.78 is 15.5. The number of carbonyl (C=O) groups is 2. The summed E-state index contributed by atoms with van der Waals surface area (Å²) in [5, 5.41) is 5.17. The lowest BCUT2D eigenvalue weighted by molar-refractivity contribution is -0.133. The molecule has 0 radical (unpaired) electrons. The first kappa shape index (κ1) is 24.6. The molecule has 1 fully saturated rings. The van der Waals surface area contributed by atoms with E-state index in [4.69, 9.17) is 4.98 Å². The van der Waals surface area contributed by atoms with E-state index < -0.39 is 0 Å². The van der Waals surface area contributed by atoms with Crippen molar-refractivity contribution < 1.29 is 14.0 Å². The molecule has 0 N–H and O–H groups in total. The van der Waals surface area contributed by atoms with Crippen LogP contribution < -0.4 is 0 Å². The molecule has 0 atom stereocenters. The van der Waals surface area contributed by atoms with Crippen LogP contribution in [0, 0.1) is 11.7 Å². The summed E-state index contributed by atoms with van der Waals surface area (Å²) in [6, 6.07) is 17.9. The molecule has 5 rings (SSSR count). The number of nitrogens with zero attached hydrogens (tertiary/aromatic N) is 5. The molecule has 0 aliphatic carbocycles. The SMILES string of the molecule is CC(C)CC(=O)N1CCN(C(=O)c2cc(-c3ccccc3)nc3c2cnn3Cc2cccc(F)c2)CC1. The predicted molar refractivity (Wildman–Crippen MR) is 140 cm³/mol. The third-order valence-electron chi connectivity index (χ3n) is 6.63. The van der Waals surface area contributed by atoms with Crippen LogP contribution in [-0.4, -0.2) is 62.6 Å². The molecular weight excluding hydrogens is 469 g/mol. The van der Waals surface area contributed by atoms with Crippen LogP contribution in [0.25, 0.3) is 22.3 Å². The van der Waals surface area contributed by atoms with Gasteiger partial charge in [-0.05, 0) is 29.7 Å². The Morgan fingerprint density at radius 1 is 0.946 bits per heavy atom. The summed E-state index contributed by atoms with van der Waals surface area (Å²) in [5.41, 5.74) is 3.41. The van der Waals surface area contributed by atoms with Crippen LogP contribution >= 0.6 is 0 Å². The maximum atomic E-state index is 13.8. The maximum absolute atomic E-state index is 13.8. The highest BCUT2D eigenvalue weighted by molar-refractivity contribution is 6.06. The molecule has 8 heteroatoms. The van der Waals surface area contributed by atoms with Gasteiger partial charge in [-0.3, -0.25) is 9.59 Å². The van der Waals surface area contributed by atoms with E-state index in [0.29, 0.717) is 67.4 Å².